The van der Waals surface area contributed by atoms with Gasteiger partial charge in [0.25, 0.3) is 0 Å². The van der Waals surface area contributed by atoms with Gasteiger partial charge in [0.15, 0.2) is 0 Å². The molecule has 1 N–H and O–H groups in total. The average molecular weight is 245 g/mol. The normalized spacial score (nSPS) is 10.6. The Labute approximate surface area is 107 Å². The molecule has 0 bridgehead atoms. The molecule has 0 amide bonds. The summed E-state index contributed by atoms with van der Waals surface area (Å²) in [6, 6.07) is 0. The van der Waals surface area contributed by atoms with Crippen molar-refractivity contribution in [2.75, 3.05) is 11.9 Å². The van der Waals surface area contributed by atoms with E-state index in [1.165, 1.54) is 0 Å². The van der Waals surface area contributed by atoms with E-state index in [0.29, 0.717) is 5.95 Å². The summed E-state index contributed by atoms with van der Waals surface area (Å²) in [6.07, 6.45) is 6.82. The zero-order chi connectivity index (χ0) is 13.0. The number of rotatable bonds is 5. The summed E-state index contributed by atoms with van der Waals surface area (Å²) in [5.74, 6) is 0.668. The molecular weight excluding hydrogens is 226 g/mol. The Kier molecular flexibility index (Phi) is 3.92. The van der Waals surface area contributed by atoms with Crippen LogP contribution in [-0.4, -0.2) is 26.3 Å². The van der Waals surface area contributed by atoms with Crippen LogP contribution < -0.4 is 5.32 Å². The van der Waals surface area contributed by atoms with Gasteiger partial charge in [-0.25, -0.2) is 9.97 Å². The quantitative estimate of drug-likeness (QED) is 0.879. The molecule has 5 nitrogen and oxygen atoms in total. The van der Waals surface area contributed by atoms with Crippen LogP contribution in [0.5, 0.6) is 0 Å². The second-order valence-electron chi connectivity index (χ2n) is 4.25. The maximum Gasteiger partial charge on any atom is 0.223 e. The molecule has 18 heavy (non-hydrogen) atoms. The lowest BCUT2D eigenvalue weighted by Gasteiger charge is -2.05. The minimum Gasteiger partial charge on any atom is -0.354 e. The Morgan fingerprint density at radius 3 is 2.83 bits per heavy atom. The van der Waals surface area contributed by atoms with E-state index in [1.54, 1.807) is 0 Å². The monoisotopic (exact) mass is 245 g/mol. The van der Waals surface area contributed by atoms with Gasteiger partial charge in [0.05, 0.1) is 11.9 Å². The first-order valence-corrected chi connectivity index (χ1v) is 6.35. The summed E-state index contributed by atoms with van der Waals surface area (Å²) in [5.41, 5.74) is 3.05. The molecule has 0 aliphatic rings. The summed E-state index contributed by atoms with van der Waals surface area (Å²) in [5, 5.41) is 7.46. The molecule has 2 rings (SSSR count). The Morgan fingerprint density at radius 2 is 2.11 bits per heavy atom. The topological polar surface area (TPSA) is 55.6 Å². The van der Waals surface area contributed by atoms with Crippen molar-refractivity contribution >= 4 is 5.95 Å². The smallest absolute Gasteiger partial charge is 0.223 e. The van der Waals surface area contributed by atoms with Crippen molar-refractivity contribution in [1.29, 1.82) is 0 Å². The van der Waals surface area contributed by atoms with Crippen molar-refractivity contribution in [2.24, 2.45) is 0 Å². The lowest BCUT2D eigenvalue weighted by Crippen LogP contribution is -2.03. The second kappa shape index (κ2) is 5.62. The maximum absolute atomic E-state index is 4.53. The first kappa shape index (κ1) is 12.5. The largest absolute Gasteiger partial charge is 0.354 e. The molecule has 2 aromatic rings. The Hall–Kier alpha value is -1.91. The van der Waals surface area contributed by atoms with Gasteiger partial charge in [-0.3, -0.25) is 4.68 Å². The molecule has 0 saturated carbocycles. The molecule has 0 radical (unpaired) electrons. The van der Waals surface area contributed by atoms with E-state index in [4.69, 9.17) is 0 Å². The first-order chi connectivity index (χ1) is 8.74. The lowest BCUT2D eigenvalue weighted by atomic mass is 10.1. The predicted octanol–water partition coefficient (Wildman–Crippen LogP) is 2.49. The van der Waals surface area contributed by atoms with E-state index < -0.39 is 0 Å². The molecule has 0 fully saturated rings. The number of aromatic nitrogens is 4. The van der Waals surface area contributed by atoms with Crippen LogP contribution in [-0.2, 0) is 6.54 Å². The van der Waals surface area contributed by atoms with Crippen molar-refractivity contribution in [1.82, 2.24) is 19.7 Å². The summed E-state index contributed by atoms with van der Waals surface area (Å²) in [4.78, 5) is 8.78. The molecule has 5 heteroatoms. The van der Waals surface area contributed by atoms with E-state index in [0.717, 1.165) is 36.3 Å². The van der Waals surface area contributed by atoms with Crippen molar-refractivity contribution in [3.05, 3.63) is 24.2 Å². The van der Waals surface area contributed by atoms with Gasteiger partial charge in [-0.1, -0.05) is 6.92 Å². The summed E-state index contributed by atoms with van der Waals surface area (Å²) in [6.45, 7) is 7.94. The molecule has 2 heterocycles. The average Bonchev–Trinajstić information content (AvgIpc) is 2.81. The summed E-state index contributed by atoms with van der Waals surface area (Å²) in [7, 11) is 0. The van der Waals surface area contributed by atoms with Crippen molar-refractivity contribution in [3.8, 4) is 11.3 Å². The third kappa shape index (κ3) is 2.67. The maximum atomic E-state index is 4.53. The lowest BCUT2D eigenvalue weighted by molar-refractivity contribution is 0.603. The van der Waals surface area contributed by atoms with Crippen LogP contribution >= 0.6 is 0 Å². The number of anilines is 1. The first-order valence-electron chi connectivity index (χ1n) is 6.35. The van der Waals surface area contributed by atoms with Gasteiger partial charge >= 0.3 is 0 Å². The van der Waals surface area contributed by atoms with Gasteiger partial charge in [-0.15, -0.1) is 0 Å². The highest BCUT2D eigenvalue weighted by Crippen LogP contribution is 2.21. The van der Waals surface area contributed by atoms with Crippen LogP contribution in [0.15, 0.2) is 18.6 Å². The molecule has 0 aliphatic heterocycles. The molecular formula is C13H19N5. The van der Waals surface area contributed by atoms with Gasteiger partial charge in [-0.2, -0.15) is 5.10 Å². The fourth-order valence-electron chi connectivity index (χ4n) is 1.81. The molecule has 0 saturated heterocycles. The Bertz CT molecular complexity index is 518. The van der Waals surface area contributed by atoms with E-state index >= 15 is 0 Å². The third-order valence-electron chi connectivity index (χ3n) is 2.67. The van der Waals surface area contributed by atoms with Crippen LogP contribution in [0.25, 0.3) is 11.3 Å². The highest BCUT2D eigenvalue weighted by atomic mass is 15.3. The predicted molar refractivity (Wildman–Crippen MR) is 72.4 cm³/mol. The number of nitrogens with zero attached hydrogens (tertiary/aromatic N) is 4. The number of hydrogen-bond acceptors (Lipinski definition) is 4. The zero-order valence-corrected chi connectivity index (χ0v) is 11.1. The van der Waals surface area contributed by atoms with Gasteiger partial charge in [0.2, 0.25) is 5.95 Å². The number of nitrogens with one attached hydrogen (secondary N) is 1. The molecule has 0 spiro atoms. The van der Waals surface area contributed by atoms with Gasteiger partial charge < -0.3 is 5.32 Å². The van der Waals surface area contributed by atoms with Gasteiger partial charge in [-0.05, 0) is 25.8 Å². The Balaban J connectivity index is 2.32. The molecule has 0 aliphatic carbocycles. The number of aryl methyl sites for hydroxylation is 2. The van der Waals surface area contributed by atoms with E-state index in [9.17, 15) is 0 Å². The van der Waals surface area contributed by atoms with Gasteiger partial charge in [0, 0.05) is 31.0 Å². The zero-order valence-electron chi connectivity index (χ0n) is 11.1. The standard InChI is InChI=1S/C13H19N5/c1-4-6-18-9-11(8-16-18)12-10(3)7-15-13(17-12)14-5-2/h7-9H,4-6H2,1-3H3,(H,14,15,17). The fraction of sp³-hybridized carbons (Fsp3) is 0.462. The minimum atomic E-state index is 0.668. The van der Waals surface area contributed by atoms with Crippen molar-refractivity contribution in [3.63, 3.8) is 0 Å². The summed E-state index contributed by atoms with van der Waals surface area (Å²) >= 11 is 0. The molecule has 0 unspecified atom stereocenters. The van der Waals surface area contributed by atoms with E-state index in [1.807, 2.05) is 37.1 Å². The van der Waals surface area contributed by atoms with Crippen molar-refractivity contribution < 1.29 is 0 Å². The van der Waals surface area contributed by atoms with Gasteiger partial charge in [0.1, 0.15) is 0 Å². The minimum absolute atomic E-state index is 0.668. The highest BCUT2D eigenvalue weighted by molar-refractivity contribution is 5.62. The fourth-order valence-corrected chi connectivity index (χ4v) is 1.81. The molecule has 2 aromatic heterocycles. The van der Waals surface area contributed by atoms with Crippen molar-refractivity contribution in [2.45, 2.75) is 33.7 Å². The van der Waals surface area contributed by atoms with Crippen LogP contribution in [0, 0.1) is 6.92 Å². The summed E-state index contributed by atoms with van der Waals surface area (Å²) < 4.78 is 1.95. The number of hydrogen-bond donors (Lipinski definition) is 1. The second-order valence-corrected chi connectivity index (χ2v) is 4.25. The Morgan fingerprint density at radius 1 is 1.28 bits per heavy atom. The molecule has 96 valence electrons. The highest BCUT2D eigenvalue weighted by Gasteiger charge is 2.08. The van der Waals surface area contributed by atoms with Crippen LogP contribution in [0.3, 0.4) is 0 Å². The third-order valence-corrected chi connectivity index (χ3v) is 2.67. The SMILES string of the molecule is CCCn1cc(-c2nc(NCC)ncc2C)cn1. The van der Waals surface area contributed by atoms with Crippen LogP contribution in [0.2, 0.25) is 0 Å². The molecule has 0 atom stereocenters. The molecule has 0 aromatic carbocycles. The van der Waals surface area contributed by atoms with Crippen LogP contribution in [0.1, 0.15) is 25.8 Å². The van der Waals surface area contributed by atoms with E-state index in [2.05, 4.69) is 27.3 Å². The van der Waals surface area contributed by atoms with E-state index in [-0.39, 0.29) is 0 Å². The van der Waals surface area contributed by atoms with Crippen LogP contribution in [0.4, 0.5) is 5.95 Å².